The van der Waals surface area contributed by atoms with Gasteiger partial charge in [0.15, 0.2) is 9.84 Å². The van der Waals surface area contributed by atoms with Crippen LogP contribution in [0.1, 0.15) is 5.56 Å². The number of rotatable bonds is 8. The number of aromatic nitrogens is 2. The molecule has 1 aromatic carbocycles. The van der Waals surface area contributed by atoms with Crippen molar-refractivity contribution in [3.05, 3.63) is 36.0 Å². The number of sulfone groups is 2. The van der Waals surface area contributed by atoms with Crippen LogP contribution in [0.4, 0.5) is 17.2 Å². The van der Waals surface area contributed by atoms with E-state index < -0.39 is 19.7 Å². The van der Waals surface area contributed by atoms with E-state index in [-0.39, 0.29) is 17.2 Å². The van der Waals surface area contributed by atoms with Gasteiger partial charge >= 0.3 is 0 Å². The van der Waals surface area contributed by atoms with Gasteiger partial charge in [-0.15, -0.1) is 0 Å². The highest BCUT2D eigenvalue weighted by molar-refractivity contribution is 7.91. The summed E-state index contributed by atoms with van der Waals surface area (Å²) >= 11 is 0. The third-order valence-corrected chi connectivity index (χ3v) is 6.47. The Hall–Kier alpha value is -3.30. The molecule has 3 rings (SSSR count). The summed E-state index contributed by atoms with van der Waals surface area (Å²) in [5.41, 5.74) is 1.80. The van der Waals surface area contributed by atoms with Gasteiger partial charge in [-0.05, 0) is 12.1 Å². The molecule has 0 radical (unpaired) electrons. The number of benzene rings is 1. The standard InChI is InChI=1S/C19H21N5O5S2/c1-29-16-8-13(31(3,27)28)4-5-14(16)23-17-9-15(21-6-7-30(2,25)26)18-12(10-20)11-22-19(18)24-17/h4-5,8-9,11H,6-7H2,1-3H3,(H3,21,22,23,24). The van der Waals surface area contributed by atoms with Gasteiger partial charge in [0, 0.05) is 37.4 Å². The predicted molar refractivity (Wildman–Crippen MR) is 118 cm³/mol. The van der Waals surface area contributed by atoms with Crippen LogP contribution in [0.25, 0.3) is 11.0 Å². The van der Waals surface area contributed by atoms with Gasteiger partial charge in [-0.2, -0.15) is 5.26 Å². The molecule has 0 amide bonds. The summed E-state index contributed by atoms with van der Waals surface area (Å²) in [7, 11) is -5.14. The predicted octanol–water partition coefficient (Wildman–Crippen LogP) is 2.05. The molecule has 0 bridgehead atoms. The molecule has 0 aliphatic rings. The Kier molecular flexibility index (Phi) is 6.10. The highest BCUT2D eigenvalue weighted by atomic mass is 32.2. The Morgan fingerprint density at radius 2 is 1.90 bits per heavy atom. The average molecular weight is 464 g/mol. The van der Waals surface area contributed by atoms with Crippen molar-refractivity contribution in [1.82, 2.24) is 9.97 Å². The maximum Gasteiger partial charge on any atom is 0.175 e. The number of aromatic amines is 1. The Balaban J connectivity index is 2.00. The third-order valence-electron chi connectivity index (χ3n) is 4.41. The fourth-order valence-electron chi connectivity index (χ4n) is 2.94. The molecule has 0 saturated carbocycles. The number of ether oxygens (including phenoxy) is 1. The van der Waals surface area contributed by atoms with E-state index in [0.717, 1.165) is 12.5 Å². The molecule has 10 nitrogen and oxygen atoms in total. The smallest absolute Gasteiger partial charge is 0.175 e. The summed E-state index contributed by atoms with van der Waals surface area (Å²) < 4.78 is 51.8. The Morgan fingerprint density at radius 1 is 1.16 bits per heavy atom. The van der Waals surface area contributed by atoms with Crippen molar-refractivity contribution >= 4 is 47.9 Å². The molecule has 3 N–H and O–H groups in total. The summed E-state index contributed by atoms with van der Waals surface area (Å²) in [6.07, 6.45) is 3.77. The molecule has 0 aliphatic heterocycles. The van der Waals surface area contributed by atoms with Crippen LogP contribution in [-0.2, 0) is 19.7 Å². The molecule has 0 spiro atoms. The van der Waals surface area contributed by atoms with Gasteiger partial charge in [0.2, 0.25) is 0 Å². The zero-order valence-corrected chi connectivity index (χ0v) is 18.7. The Bertz CT molecular complexity index is 1390. The van der Waals surface area contributed by atoms with Crippen LogP contribution < -0.4 is 15.4 Å². The van der Waals surface area contributed by atoms with Crippen molar-refractivity contribution in [2.75, 3.05) is 42.6 Å². The first-order valence-corrected chi connectivity index (χ1v) is 13.0. The molecule has 2 heterocycles. The van der Waals surface area contributed by atoms with Gasteiger partial charge < -0.3 is 20.4 Å². The van der Waals surface area contributed by atoms with Crippen LogP contribution in [-0.4, -0.2) is 58.7 Å². The molecule has 12 heteroatoms. The molecule has 0 atom stereocenters. The second kappa shape index (κ2) is 8.44. The lowest BCUT2D eigenvalue weighted by molar-refractivity contribution is 0.415. The summed E-state index contributed by atoms with van der Waals surface area (Å²) in [6.45, 7) is 0.153. The minimum absolute atomic E-state index is 0.0767. The molecule has 0 saturated heterocycles. The van der Waals surface area contributed by atoms with Crippen molar-refractivity contribution in [3.8, 4) is 11.8 Å². The minimum atomic E-state index is -3.40. The van der Waals surface area contributed by atoms with Gasteiger partial charge in [0.1, 0.15) is 33.1 Å². The van der Waals surface area contributed by atoms with Crippen molar-refractivity contribution in [2.24, 2.45) is 0 Å². The summed E-state index contributed by atoms with van der Waals surface area (Å²) in [5, 5.41) is 16.0. The van der Waals surface area contributed by atoms with Gasteiger partial charge in [-0.1, -0.05) is 0 Å². The number of methoxy groups -OCH3 is 1. The topological polar surface area (TPSA) is 154 Å². The number of nitriles is 1. The van der Waals surface area contributed by atoms with Crippen molar-refractivity contribution in [3.63, 3.8) is 0 Å². The van der Waals surface area contributed by atoms with E-state index in [2.05, 4.69) is 26.7 Å². The van der Waals surface area contributed by atoms with E-state index in [1.165, 1.54) is 25.4 Å². The van der Waals surface area contributed by atoms with Gasteiger partial charge in [0.25, 0.3) is 0 Å². The normalized spacial score (nSPS) is 11.8. The van der Waals surface area contributed by atoms with E-state index in [1.54, 1.807) is 12.1 Å². The number of H-pyrrole nitrogens is 1. The molecule has 31 heavy (non-hydrogen) atoms. The van der Waals surface area contributed by atoms with E-state index in [0.29, 0.717) is 39.5 Å². The first kappa shape index (κ1) is 22.4. The number of nitrogens with zero attached hydrogens (tertiary/aromatic N) is 2. The summed E-state index contributed by atoms with van der Waals surface area (Å²) in [6, 6.07) is 8.14. The van der Waals surface area contributed by atoms with Crippen LogP contribution in [0.2, 0.25) is 0 Å². The molecule has 2 aromatic heterocycles. The second-order valence-corrected chi connectivity index (χ2v) is 11.2. The zero-order valence-electron chi connectivity index (χ0n) is 17.1. The molecular weight excluding hydrogens is 442 g/mol. The maximum absolute atomic E-state index is 11.8. The van der Waals surface area contributed by atoms with Crippen LogP contribution in [0.3, 0.4) is 0 Å². The third kappa shape index (κ3) is 5.25. The molecular formula is C19H21N5O5S2. The molecule has 164 valence electrons. The van der Waals surface area contributed by atoms with Crippen molar-refractivity contribution in [2.45, 2.75) is 4.90 Å². The van der Waals surface area contributed by atoms with Gasteiger partial charge in [-0.25, -0.2) is 21.8 Å². The summed E-state index contributed by atoms with van der Waals surface area (Å²) in [4.78, 5) is 7.50. The largest absolute Gasteiger partial charge is 0.495 e. The molecule has 0 fully saturated rings. The zero-order chi connectivity index (χ0) is 22.8. The number of nitrogens with one attached hydrogen (secondary N) is 3. The fourth-order valence-corrected chi connectivity index (χ4v) is 4.05. The molecule has 3 aromatic rings. The lowest BCUT2D eigenvalue weighted by Crippen LogP contribution is -2.14. The number of pyridine rings is 1. The van der Waals surface area contributed by atoms with Crippen LogP contribution in [0, 0.1) is 11.3 Å². The highest BCUT2D eigenvalue weighted by Crippen LogP contribution is 2.33. The van der Waals surface area contributed by atoms with Crippen LogP contribution >= 0.6 is 0 Å². The van der Waals surface area contributed by atoms with Crippen LogP contribution in [0.15, 0.2) is 35.4 Å². The number of hydrogen-bond acceptors (Lipinski definition) is 9. The van der Waals surface area contributed by atoms with E-state index in [9.17, 15) is 22.1 Å². The summed E-state index contributed by atoms with van der Waals surface area (Å²) in [5.74, 6) is 0.610. The van der Waals surface area contributed by atoms with Crippen molar-refractivity contribution < 1.29 is 21.6 Å². The lowest BCUT2D eigenvalue weighted by Gasteiger charge is -2.14. The number of fused-ring (bicyclic) bond motifs is 1. The van der Waals surface area contributed by atoms with E-state index in [1.807, 2.05) is 0 Å². The quantitative estimate of drug-likeness (QED) is 0.455. The lowest BCUT2D eigenvalue weighted by atomic mass is 10.2. The minimum Gasteiger partial charge on any atom is -0.495 e. The monoisotopic (exact) mass is 463 g/mol. The average Bonchev–Trinajstić information content (AvgIpc) is 3.09. The Labute approximate surface area is 180 Å². The SMILES string of the molecule is COc1cc(S(C)(=O)=O)ccc1Nc1cc(NCCS(C)(=O)=O)c2c(C#N)c[nH]c2n1. The molecule has 0 unspecified atom stereocenters. The number of hydrogen-bond donors (Lipinski definition) is 3. The number of anilines is 3. The van der Waals surface area contributed by atoms with Gasteiger partial charge in [0.05, 0.1) is 40.1 Å². The first-order valence-electron chi connectivity index (χ1n) is 9.01. The second-order valence-electron chi connectivity index (χ2n) is 6.91. The molecule has 0 aliphatic carbocycles. The van der Waals surface area contributed by atoms with Crippen molar-refractivity contribution in [1.29, 1.82) is 5.26 Å². The first-order chi connectivity index (χ1) is 14.5. The Morgan fingerprint density at radius 3 is 2.52 bits per heavy atom. The van der Waals surface area contributed by atoms with E-state index >= 15 is 0 Å². The van der Waals surface area contributed by atoms with E-state index in [4.69, 9.17) is 4.74 Å². The van der Waals surface area contributed by atoms with Gasteiger partial charge in [-0.3, -0.25) is 0 Å². The van der Waals surface area contributed by atoms with Crippen LogP contribution in [0.5, 0.6) is 5.75 Å². The highest BCUT2D eigenvalue weighted by Gasteiger charge is 2.15. The maximum atomic E-state index is 11.8. The fraction of sp³-hybridized carbons (Fsp3) is 0.263.